The third-order valence-corrected chi connectivity index (χ3v) is 3.24. The molecule has 0 aliphatic carbocycles. The minimum Gasteiger partial charge on any atom is -0.508 e. The maximum Gasteiger partial charge on any atom is 0.320 e. The highest BCUT2D eigenvalue weighted by Crippen LogP contribution is 2.31. The van der Waals surface area contributed by atoms with Gasteiger partial charge in [0.15, 0.2) is 0 Å². The molecule has 0 fully saturated rings. The molecule has 0 aliphatic rings. The van der Waals surface area contributed by atoms with E-state index in [2.05, 4.69) is 0 Å². The standard InChI is InChI=1S/C13H19NO4/c1-4-11(13(17)18)14(3)8(2)10-6-5-9(15)7-12(10)16/h5-8,11,15-16H,4H2,1-3H3,(H,17,18). The number of nitrogens with zero attached hydrogens (tertiary/aromatic N) is 1. The summed E-state index contributed by atoms with van der Waals surface area (Å²) in [5, 5.41) is 28.1. The summed E-state index contributed by atoms with van der Waals surface area (Å²) in [6.07, 6.45) is 0.481. The van der Waals surface area contributed by atoms with Gasteiger partial charge in [0.05, 0.1) is 0 Å². The fourth-order valence-corrected chi connectivity index (χ4v) is 2.01. The Bertz CT molecular complexity index is 433. The number of carboxylic acids is 1. The van der Waals surface area contributed by atoms with E-state index >= 15 is 0 Å². The first-order valence-electron chi connectivity index (χ1n) is 5.85. The molecule has 5 nitrogen and oxygen atoms in total. The van der Waals surface area contributed by atoms with Gasteiger partial charge in [0, 0.05) is 17.7 Å². The SMILES string of the molecule is CCC(C(=O)O)N(C)C(C)c1ccc(O)cc1O. The van der Waals surface area contributed by atoms with Crippen molar-refractivity contribution < 1.29 is 20.1 Å². The first-order valence-corrected chi connectivity index (χ1v) is 5.85. The Labute approximate surface area is 106 Å². The van der Waals surface area contributed by atoms with Crippen LogP contribution in [0.2, 0.25) is 0 Å². The van der Waals surface area contributed by atoms with Crippen LogP contribution in [0, 0.1) is 0 Å². The third kappa shape index (κ3) is 2.92. The lowest BCUT2D eigenvalue weighted by atomic mass is 10.0. The molecule has 1 aromatic rings. The van der Waals surface area contributed by atoms with Crippen LogP contribution in [0.1, 0.15) is 31.9 Å². The molecular weight excluding hydrogens is 234 g/mol. The van der Waals surface area contributed by atoms with Crippen LogP contribution in [0.4, 0.5) is 0 Å². The molecule has 0 heterocycles. The van der Waals surface area contributed by atoms with Crippen LogP contribution in [0.25, 0.3) is 0 Å². The Balaban J connectivity index is 2.98. The average molecular weight is 253 g/mol. The number of phenolic OH excluding ortho intramolecular Hbond substituents is 2. The number of hydrogen-bond acceptors (Lipinski definition) is 4. The van der Waals surface area contributed by atoms with Crippen molar-refractivity contribution in [2.45, 2.75) is 32.4 Å². The van der Waals surface area contributed by atoms with Crippen molar-refractivity contribution in [3.05, 3.63) is 23.8 Å². The molecule has 18 heavy (non-hydrogen) atoms. The average Bonchev–Trinajstić information content (AvgIpc) is 2.28. The molecule has 1 rings (SSSR count). The molecular formula is C13H19NO4. The highest BCUT2D eigenvalue weighted by atomic mass is 16.4. The summed E-state index contributed by atoms with van der Waals surface area (Å²) < 4.78 is 0. The third-order valence-electron chi connectivity index (χ3n) is 3.24. The number of rotatable bonds is 5. The minimum absolute atomic E-state index is 0.0172. The van der Waals surface area contributed by atoms with Crippen molar-refractivity contribution in [1.82, 2.24) is 4.90 Å². The molecule has 100 valence electrons. The van der Waals surface area contributed by atoms with Gasteiger partial charge in [-0.2, -0.15) is 0 Å². The summed E-state index contributed by atoms with van der Waals surface area (Å²) in [5.41, 5.74) is 0.593. The van der Waals surface area contributed by atoms with Crippen molar-refractivity contribution in [3.8, 4) is 11.5 Å². The molecule has 3 N–H and O–H groups in total. The number of carbonyl (C=O) groups is 1. The Hall–Kier alpha value is -1.75. The molecule has 0 aliphatic heterocycles. The van der Waals surface area contributed by atoms with Gasteiger partial charge in [-0.25, -0.2) is 0 Å². The van der Waals surface area contributed by atoms with Gasteiger partial charge < -0.3 is 15.3 Å². The highest BCUT2D eigenvalue weighted by molar-refractivity contribution is 5.73. The molecule has 0 spiro atoms. The van der Waals surface area contributed by atoms with Crippen molar-refractivity contribution in [2.24, 2.45) is 0 Å². The van der Waals surface area contributed by atoms with E-state index in [-0.39, 0.29) is 17.5 Å². The smallest absolute Gasteiger partial charge is 0.320 e. The predicted octanol–water partition coefficient (Wildman–Crippen LogP) is 1.95. The van der Waals surface area contributed by atoms with E-state index in [4.69, 9.17) is 5.11 Å². The maximum absolute atomic E-state index is 11.1. The van der Waals surface area contributed by atoms with Gasteiger partial charge in [0.2, 0.25) is 0 Å². The second kappa shape index (κ2) is 5.73. The lowest BCUT2D eigenvalue weighted by molar-refractivity contribution is -0.143. The second-order valence-electron chi connectivity index (χ2n) is 4.35. The monoisotopic (exact) mass is 253 g/mol. The van der Waals surface area contributed by atoms with Gasteiger partial charge in [0.1, 0.15) is 17.5 Å². The van der Waals surface area contributed by atoms with Gasteiger partial charge in [-0.05, 0) is 26.5 Å². The summed E-state index contributed by atoms with van der Waals surface area (Å²) in [6.45, 7) is 3.62. The Morgan fingerprint density at radius 3 is 2.44 bits per heavy atom. The molecule has 0 saturated carbocycles. The summed E-state index contributed by atoms with van der Waals surface area (Å²) in [5.74, 6) is -0.934. The molecule has 0 bridgehead atoms. The number of benzene rings is 1. The molecule has 0 saturated heterocycles. The Morgan fingerprint density at radius 1 is 1.39 bits per heavy atom. The van der Waals surface area contributed by atoms with Crippen LogP contribution in [0.3, 0.4) is 0 Å². The summed E-state index contributed by atoms with van der Waals surface area (Å²) in [7, 11) is 1.71. The van der Waals surface area contributed by atoms with E-state index in [0.717, 1.165) is 0 Å². The van der Waals surface area contributed by atoms with Crippen LogP contribution in [-0.2, 0) is 4.79 Å². The first kappa shape index (κ1) is 14.3. The zero-order valence-corrected chi connectivity index (χ0v) is 10.8. The normalized spacial score (nSPS) is 14.4. The zero-order valence-electron chi connectivity index (χ0n) is 10.8. The van der Waals surface area contributed by atoms with Gasteiger partial charge in [0.25, 0.3) is 0 Å². The number of likely N-dealkylation sites (N-methyl/N-ethyl adjacent to an activating group) is 1. The van der Waals surface area contributed by atoms with E-state index in [1.54, 1.807) is 24.9 Å². The number of aromatic hydroxyl groups is 2. The fourth-order valence-electron chi connectivity index (χ4n) is 2.01. The van der Waals surface area contributed by atoms with Gasteiger partial charge >= 0.3 is 5.97 Å². The van der Waals surface area contributed by atoms with Gasteiger partial charge in [-0.1, -0.05) is 13.0 Å². The first-order chi connectivity index (χ1) is 8.38. The summed E-state index contributed by atoms with van der Waals surface area (Å²) >= 11 is 0. The fraction of sp³-hybridized carbons (Fsp3) is 0.462. The zero-order chi connectivity index (χ0) is 13.9. The number of aliphatic carboxylic acids is 1. The summed E-state index contributed by atoms with van der Waals surface area (Å²) in [4.78, 5) is 12.8. The van der Waals surface area contributed by atoms with Crippen LogP contribution in [0.15, 0.2) is 18.2 Å². The van der Waals surface area contributed by atoms with Crippen molar-refractivity contribution in [3.63, 3.8) is 0 Å². The molecule has 5 heteroatoms. The largest absolute Gasteiger partial charge is 0.508 e. The molecule has 2 unspecified atom stereocenters. The number of carboxylic acid groups (broad SMARTS) is 1. The molecule has 0 aromatic heterocycles. The van der Waals surface area contributed by atoms with Crippen LogP contribution in [0.5, 0.6) is 11.5 Å². The van der Waals surface area contributed by atoms with Crippen molar-refractivity contribution in [1.29, 1.82) is 0 Å². The molecule has 1 aromatic carbocycles. The van der Waals surface area contributed by atoms with Crippen molar-refractivity contribution in [2.75, 3.05) is 7.05 Å². The van der Waals surface area contributed by atoms with Crippen LogP contribution in [-0.4, -0.2) is 39.3 Å². The van der Waals surface area contributed by atoms with E-state index in [0.29, 0.717) is 12.0 Å². The highest BCUT2D eigenvalue weighted by Gasteiger charge is 2.26. The quantitative estimate of drug-likeness (QED) is 0.747. The van der Waals surface area contributed by atoms with E-state index in [9.17, 15) is 15.0 Å². The lowest BCUT2D eigenvalue weighted by Crippen LogP contribution is -2.39. The topological polar surface area (TPSA) is 81.0 Å². The maximum atomic E-state index is 11.1. The number of phenols is 2. The van der Waals surface area contributed by atoms with Crippen molar-refractivity contribution >= 4 is 5.97 Å². The second-order valence-corrected chi connectivity index (χ2v) is 4.35. The molecule has 0 radical (unpaired) electrons. The molecule has 2 atom stereocenters. The van der Waals surface area contributed by atoms with Crippen LogP contribution >= 0.6 is 0 Å². The van der Waals surface area contributed by atoms with Gasteiger partial charge in [-0.15, -0.1) is 0 Å². The Kier molecular flexibility index (Phi) is 4.55. The van der Waals surface area contributed by atoms with E-state index in [1.165, 1.54) is 12.1 Å². The lowest BCUT2D eigenvalue weighted by Gasteiger charge is -2.30. The van der Waals surface area contributed by atoms with E-state index < -0.39 is 12.0 Å². The predicted molar refractivity (Wildman–Crippen MR) is 67.7 cm³/mol. The Morgan fingerprint density at radius 2 is 2.00 bits per heavy atom. The number of hydrogen-bond donors (Lipinski definition) is 3. The molecule has 0 amide bonds. The van der Waals surface area contributed by atoms with E-state index in [1.807, 2.05) is 6.92 Å². The van der Waals surface area contributed by atoms with Gasteiger partial charge in [-0.3, -0.25) is 9.69 Å². The van der Waals surface area contributed by atoms with Crippen LogP contribution < -0.4 is 0 Å². The minimum atomic E-state index is -0.884. The summed E-state index contributed by atoms with van der Waals surface area (Å²) in [6, 6.07) is 3.46.